The van der Waals surface area contributed by atoms with Gasteiger partial charge in [0.15, 0.2) is 40.7 Å². The van der Waals surface area contributed by atoms with Crippen LogP contribution in [0.2, 0.25) is 0 Å². The summed E-state index contributed by atoms with van der Waals surface area (Å²) in [6.45, 7) is 4.34. The van der Waals surface area contributed by atoms with E-state index in [1.807, 2.05) is 0 Å². The Labute approximate surface area is 174 Å². The van der Waals surface area contributed by atoms with Gasteiger partial charge in [0.25, 0.3) is 0 Å². The number of benzene rings is 2. The normalized spacial score (nSPS) is 12.0. The zero-order chi connectivity index (χ0) is 23.7. The maximum Gasteiger partial charge on any atom is 0.323 e. The number of anilines is 1. The number of esters is 1. The molecule has 0 fully saturated rings. The smallest absolute Gasteiger partial charge is 0.323 e. The fraction of sp³-hybridized carbons (Fsp3) is 0.316. The van der Waals surface area contributed by atoms with Crippen LogP contribution < -0.4 is 4.72 Å². The van der Waals surface area contributed by atoms with E-state index in [4.69, 9.17) is 4.74 Å². The predicted octanol–water partition coefficient (Wildman–Crippen LogP) is 4.20. The second-order valence-electron chi connectivity index (χ2n) is 7.45. The minimum absolute atomic E-state index is 0.586. The highest BCUT2D eigenvalue weighted by molar-refractivity contribution is 7.93. The molecule has 170 valence electrons. The fourth-order valence-corrected chi connectivity index (χ4v) is 3.51. The summed E-state index contributed by atoms with van der Waals surface area (Å²) in [6.07, 6.45) is -1.03. The molecule has 2 aromatic rings. The van der Waals surface area contributed by atoms with E-state index < -0.39 is 85.5 Å². The predicted molar refractivity (Wildman–Crippen MR) is 98.7 cm³/mol. The lowest BCUT2D eigenvalue weighted by molar-refractivity contribution is -0.151. The molecule has 0 aliphatic rings. The van der Waals surface area contributed by atoms with E-state index in [9.17, 15) is 39.6 Å². The number of sulfonamides is 1. The molecule has 0 aromatic heterocycles. The van der Waals surface area contributed by atoms with Crippen LogP contribution >= 0.6 is 0 Å². The molecule has 2 rings (SSSR count). The SMILES string of the molecule is CC(C)(C)OC(=O)CS(=O)(=O)Nc1c(F)c(F)c(F)c(F)c1Cc1cccc(F)c1F. The maximum absolute atomic E-state index is 14.4. The van der Waals surface area contributed by atoms with E-state index in [2.05, 4.69) is 0 Å². The van der Waals surface area contributed by atoms with E-state index in [1.165, 1.54) is 25.5 Å². The lowest BCUT2D eigenvalue weighted by Gasteiger charge is -2.20. The number of halogens is 6. The molecule has 31 heavy (non-hydrogen) atoms. The molecule has 12 heteroatoms. The fourth-order valence-electron chi connectivity index (χ4n) is 2.54. The van der Waals surface area contributed by atoms with Crippen LogP contribution in [-0.4, -0.2) is 25.7 Å². The van der Waals surface area contributed by atoms with E-state index in [-0.39, 0.29) is 0 Å². The van der Waals surface area contributed by atoms with Crippen molar-refractivity contribution in [2.45, 2.75) is 32.8 Å². The summed E-state index contributed by atoms with van der Waals surface area (Å²) < 4.78 is 114. The molecule has 0 aliphatic heterocycles. The Bertz CT molecular complexity index is 1130. The van der Waals surface area contributed by atoms with E-state index in [0.29, 0.717) is 0 Å². The van der Waals surface area contributed by atoms with Crippen molar-refractivity contribution in [2.24, 2.45) is 0 Å². The molecule has 0 saturated heterocycles. The van der Waals surface area contributed by atoms with Crippen LogP contribution in [0.3, 0.4) is 0 Å². The van der Waals surface area contributed by atoms with Crippen LogP contribution in [0.15, 0.2) is 18.2 Å². The van der Waals surface area contributed by atoms with Crippen LogP contribution in [0.25, 0.3) is 0 Å². The molecule has 0 aliphatic carbocycles. The van der Waals surface area contributed by atoms with Gasteiger partial charge < -0.3 is 4.74 Å². The largest absolute Gasteiger partial charge is 0.459 e. The van der Waals surface area contributed by atoms with Gasteiger partial charge >= 0.3 is 5.97 Å². The average molecular weight is 469 g/mol. The third-order valence-corrected chi connectivity index (χ3v) is 4.88. The van der Waals surface area contributed by atoms with Crippen LogP contribution in [0.5, 0.6) is 0 Å². The third-order valence-electron chi connectivity index (χ3n) is 3.75. The number of carbonyl (C=O) groups is 1. The van der Waals surface area contributed by atoms with Gasteiger partial charge in [-0.3, -0.25) is 9.52 Å². The zero-order valence-corrected chi connectivity index (χ0v) is 17.3. The number of nitrogens with one attached hydrogen (secondary N) is 1. The van der Waals surface area contributed by atoms with Gasteiger partial charge in [0.1, 0.15) is 5.60 Å². The Hall–Kier alpha value is -2.76. The molecular weight excluding hydrogens is 452 g/mol. The molecule has 0 spiro atoms. The number of rotatable bonds is 6. The Morgan fingerprint density at radius 2 is 1.52 bits per heavy atom. The van der Waals surface area contributed by atoms with Crippen molar-refractivity contribution < 1.29 is 44.3 Å². The molecular formula is C19H17F6NO4S. The van der Waals surface area contributed by atoms with Crippen LogP contribution in [0.1, 0.15) is 31.9 Å². The average Bonchev–Trinajstić information content (AvgIpc) is 2.62. The first-order chi connectivity index (χ1) is 14.1. The highest BCUT2D eigenvalue weighted by Crippen LogP contribution is 2.32. The van der Waals surface area contributed by atoms with Crippen molar-refractivity contribution in [3.63, 3.8) is 0 Å². The Morgan fingerprint density at radius 1 is 0.935 bits per heavy atom. The summed E-state index contributed by atoms with van der Waals surface area (Å²) >= 11 is 0. The lowest BCUT2D eigenvalue weighted by Crippen LogP contribution is -2.31. The van der Waals surface area contributed by atoms with Crippen LogP contribution in [0, 0.1) is 34.9 Å². The molecule has 0 atom stereocenters. The van der Waals surface area contributed by atoms with Crippen molar-refractivity contribution in [3.05, 3.63) is 64.2 Å². The third kappa shape index (κ3) is 5.90. The van der Waals surface area contributed by atoms with Crippen LogP contribution in [0.4, 0.5) is 32.0 Å². The minimum Gasteiger partial charge on any atom is -0.459 e. The topological polar surface area (TPSA) is 72.5 Å². The quantitative estimate of drug-likeness (QED) is 0.298. The monoisotopic (exact) mass is 469 g/mol. The molecule has 0 radical (unpaired) electrons. The highest BCUT2D eigenvalue weighted by Gasteiger charge is 2.30. The minimum atomic E-state index is -4.80. The molecule has 2 aromatic carbocycles. The Balaban J connectivity index is 2.51. The number of hydrogen-bond acceptors (Lipinski definition) is 4. The second-order valence-corrected chi connectivity index (χ2v) is 9.17. The van der Waals surface area contributed by atoms with Gasteiger partial charge in [0, 0.05) is 12.0 Å². The first kappa shape index (κ1) is 24.5. The standard InChI is InChI=1S/C19H17F6NO4S/c1-19(2,3)30-12(27)8-31(28,29)26-18-10(14(22)15(23)16(24)17(18)25)7-9-5-4-6-11(20)13(9)21/h4-6,26H,7-8H2,1-3H3. The van der Waals surface area contributed by atoms with Crippen molar-refractivity contribution in [2.75, 3.05) is 10.5 Å². The first-order valence-corrected chi connectivity index (χ1v) is 10.3. The van der Waals surface area contributed by atoms with E-state index in [1.54, 1.807) is 0 Å². The molecule has 0 amide bonds. The zero-order valence-electron chi connectivity index (χ0n) is 16.5. The van der Waals surface area contributed by atoms with Crippen molar-refractivity contribution in [3.8, 4) is 0 Å². The van der Waals surface area contributed by atoms with Gasteiger partial charge in [0.2, 0.25) is 10.0 Å². The van der Waals surface area contributed by atoms with E-state index >= 15 is 0 Å². The summed E-state index contributed by atoms with van der Waals surface area (Å²) in [7, 11) is -4.80. The molecule has 5 nitrogen and oxygen atoms in total. The molecule has 0 saturated carbocycles. The van der Waals surface area contributed by atoms with Gasteiger partial charge in [0.05, 0.1) is 5.69 Å². The lowest BCUT2D eigenvalue weighted by atomic mass is 10.0. The van der Waals surface area contributed by atoms with Gasteiger partial charge in [-0.1, -0.05) is 12.1 Å². The summed E-state index contributed by atoms with van der Waals surface area (Å²) in [5, 5.41) is 0. The number of ether oxygens (including phenoxy) is 1. The summed E-state index contributed by atoms with van der Waals surface area (Å²) in [4.78, 5) is 11.8. The molecule has 0 bridgehead atoms. The van der Waals surface area contributed by atoms with E-state index in [0.717, 1.165) is 18.2 Å². The van der Waals surface area contributed by atoms with Crippen molar-refractivity contribution in [1.82, 2.24) is 0 Å². The van der Waals surface area contributed by atoms with Gasteiger partial charge in [-0.2, -0.15) is 0 Å². The van der Waals surface area contributed by atoms with Gasteiger partial charge in [-0.15, -0.1) is 0 Å². The second kappa shape index (κ2) is 8.77. The van der Waals surface area contributed by atoms with Crippen molar-refractivity contribution >= 4 is 21.7 Å². The maximum atomic E-state index is 14.4. The van der Waals surface area contributed by atoms with Gasteiger partial charge in [-0.05, 0) is 32.4 Å². The molecule has 0 heterocycles. The summed E-state index contributed by atoms with van der Waals surface area (Å²) in [5.41, 5.74) is -4.17. The number of carbonyl (C=O) groups excluding carboxylic acids is 1. The van der Waals surface area contributed by atoms with Crippen molar-refractivity contribution in [1.29, 1.82) is 0 Å². The molecule has 1 N–H and O–H groups in total. The first-order valence-electron chi connectivity index (χ1n) is 8.63. The Kier molecular flexibility index (Phi) is 6.94. The molecule has 0 unspecified atom stereocenters. The summed E-state index contributed by atoms with van der Waals surface area (Å²) in [5.74, 6) is -14.2. The van der Waals surface area contributed by atoms with Gasteiger partial charge in [-0.25, -0.2) is 34.8 Å². The highest BCUT2D eigenvalue weighted by atomic mass is 32.2. The Morgan fingerprint density at radius 3 is 2.10 bits per heavy atom. The van der Waals surface area contributed by atoms with Crippen LogP contribution in [-0.2, 0) is 26.0 Å². The number of hydrogen-bond donors (Lipinski definition) is 1. The summed E-state index contributed by atoms with van der Waals surface area (Å²) in [6, 6.07) is 2.70.